The summed E-state index contributed by atoms with van der Waals surface area (Å²) in [7, 11) is 0. The van der Waals surface area contributed by atoms with Gasteiger partial charge in [-0.15, -0.1) is 45.3 Å². The van der Waals surface area contributed by atoms with Crippen LogP contribution in [0.2, 0.25) is 25.1 Å². The number of nitrogens with zero attached hydrogens (tertiary/aromatic N) is 7. The van der Waals surface area contributed by atoms with Crippen LogP contribution in [0.3, 0.4) is 0 Å². The molecule has 25 nitrogen and oxygen atoms in total. The first-order valence-corrected chi connectivity index (χ1v) is 51.9. The van der Waals surface area contributed by atoms with Crippen molar-refractivity contribution in [2.75, 3.05) is 59.1 Å². The fraction of sp³-hybridized carbons (Fsp3) is 0.292. The maximum Gasteiger partial charge on any atom is 0.231 e. The second-order valence-electron chi connectivity index (χ2n) is 35.9. The lowest BCUT2D eigenvalue weighted by Crippen LogP contribution is -2.28. The lowest BCUT2D eigenvalue weighted by Gasteiger charge is -2.27. The number of benzene rings is 9. The molecule has 2 saturated heterocycles. The monoisotopic (exact) mass is 2080 g/mol. The number of β-amino-alcohol motifs (C(OH)–C–C–N with tert-alkyl or cyclic N) is 2. The maximum atomic E-state index is 13.4. The van der Waals surface area contributed by atoms with Crippen molar-refractivity contribution in [2.24, 2.45) is 0 Å². The third kappa shape index (κ3) is 20.8. The number of carbonyl (C=O) groups excluding carboxylic acids is 6. The zero-order valence-corrected chi connectivity index (χ0v) is 83.4. The highest BCUT2D eigenvalue weighted by atomic mass is 35.5. The molecular formula is C106H91Cl5N8O17S5. The summed E-state index contributed by atoms with van der Waals surface area (Å²) in [6.07, 6.45) is 16.0. The first kappa shape index (κ1) is 97.1. The number of ketones is 6. The third-order valence-electron chi connectivity index (χ3n) is 27.1. The fourth-order valence-corrected chi connectivity index (χ4v) is 24.5. The zero-order valence-electron chi connectivity index (χ0n) is 75.5. The zero-order chi connectivity index (χ0) is 97.4. The van der Waals surface area contributed by atoms with E-state index in [1.165, 1.54) is 35.1 Å². The van der Waals surface area contributed by atoms with Gasteiger partial charge in [0.2, 0.25) is 38.7 Å². The second-order valence-corrected chi connectivity index (χ2v) is 43.6. The minimum absolute atomic E-state index is 0.0871. The minimum Gasteiger partial charge on any atom is -0.454 e. The summed E-state index contributed by atoms with van der Waals surface area (Å²) in [6.45, 7) is 3.64. The molecule has 0 amide bonds. The SMILES string of the molecule is Nc1ncc(C(=O)c2ccccc2Cl)s1.O=C(Cc1ncc(C(O)c2ccccc2Cl)s1)C1(c2ccc3c(c2)OCO3)CC1.O=C(Cc1ncc(C(c2ccccc2Cl)N2CCC(O)C2)s1)C1(c2ccc3c(c2)OCO3)CC1.O=C(Cc1ncc([C@H](c2ccccc2Cl)N2CCC(O)C2)s1)C1(c2ccc3c(c2)OCO3)CC1.O=C(c1cnc(CC(=O)C2(c3ccc4c(c3)OCO4)CC2)s1)c1ccccc1Cl. The van der Waals surface area contributed by atoms with E-state index in [1.807, 2.05) is 146 Å². The van der Waals surface area contributed by atoms with E-state index >= 15 is 0 Å². The number of rotatable bonds is 28. The van der Waals surface area contributed by atoms with Gasteiger partial charge in [0.25, 0.3) is 0 Å². The van der Waals surface area contributed by atoms with E-state index < -0.39 is 27.8 Å². The number of thiazole rings is 5. The van der Waals surface area contributed by atoms with Crippen LogP contribution in [0.1, 0.15) is 186 Å². The molecule has 14 aromatic rings. The van der Waals surface area contributed by atoms with Gasteiger partial charge in [-0.05, 0) is 189 Å². The van der Waals surface area contributed by atoms with Crippen molar-refractivity contribution >= 4 is 155 Å². The standard InChI is InChI=1S/2C26H25ClN2O4S.C22H18ClNO4S.C22H16ClNO4S.C10H7ClN2OS/c2*27-19-4-2-1-3-18(19)25(29-10-7-17(30)14-29)22-13-28-24(34-22)12-23(31)26(8-9-26)16-5-6-20-21(11-16)33-15-32-20;2*23-15-4-2-1-3-14(15)21(26)18-11-24-20(29-18)10-19(25)22(7-8-22)13-5-6-16-17(9-13)28-12-27-16;11-7-4-2-1-3-6(7)9(14)8-5-13-10(12)15-8/h2*1-6,11,13,17,25,30H,7-10,12,14-15H2;1-6,9,11,21,26H,7-8,10,12H2;1-6,9,11H,7-8,10,12H2;1-5H,(H2,12,13)/t17?,25-;;;;/m0..../s1. The maximum absolute atomic E-state index is 13.4. The van der Waals surface area contributed by atoms with Crippen molar-refractivity contribution in [3.63, 3.8) is 0 Å². The number of ether oxygens (including phenoxy) is 8. The Hall–Kier alpha value is -11.4. The molecule has 10 aliphatic rings. The molecule has 6 aliphatic heterocycles. The number of aliphatic hydroxyl groups excluding tert-OH is 3. The van der Waals surface area contributed by atoms with Crippen LogP contribution in [0, 0.1) is 0 Å². The number of aromatic nitrogens is 5. The first-order valence-electron chi connectivity index (χ1n) is 46.0. The van der Waals surface area contributed by atoms with E-state index in [1.54, 1.807) is 89.5 Å². The average molecular weight is 2090 g/mol. The molecule has 24 rings (SSSR count). The van der Waals surface area contributed by atoms with Gasteiger partial charge in [0.1, 0.15) is 49.3 Å². The number of Topliss-reactive ketones (excluding diaryl/α,β-unsaturated/α-hetero) is 4. The highest BCUT2D eigenvalue weighted by molar-refractivity contribution is 7.17. The Balaban J connectivity index is 0.000000110. The number of anilines is 1. The smallest absolute Gasteiger partial charge is 0.231 e. The van der Waals surface area contributed by atoms with Crippen LogP contribution in [0.15, 0.2) is 225 Å². The summed E-state index contributed by atoms with van der Waals surface area (Å²) < 4.78 is 43.5. The van der Waals surface area contributed by atoms with Crippen molar-refractivity contribution in [1.82, 2.24) is 34.7 Å². The summed E-state index contributed by atoms with van der Waals surface area (Å²) in [5, 5.41) is 37.0. The van der Waals surface area contributed by atoms with Gasteiger partial charge in [0, 0.05) is 92.5 Å². The molecular weight excluding hydrogens is 1990 g/mol. The number of fused-ring (bicyclic) bond motifs is 4. The summed E-state index contributed by atoms with van der Waals surface area (Å²) in [5.74, 6) is 6.01. The molecule has 0 spiro atoms. The molecule has 4 saturated carbocycles. The molecule has 6 fully saturated rings. The number of nitrogens with two attached hydrogens (primary N) is 1. The van der Waals surface area contributed by atoms with Crippen LogP contribution < -0.4 is 43.6 Å². The van der Waals surface area contributed by atoms with Crippen LogP contribution in [0.4, 0.5) is 5.13 Å². The lowest BCUT2D eigenvalue weighted by atomic mass is 9.89. The van der Waals surface area contributed by atoms with Crippen molar-refractivity contribution in [3.8, 4) is 46.0 Å². The summed E-state index contributed by atoms with van der Waals surface area (Å²) in [4.78, 5) is 108. The molecule has 141 heavy (non-hydrogen) atoms. The number of likely N-dealkylation sites (tertiary alicyclic amines) is 2. The molecule has 9 aromatic carbocycles. The normalized spacial score (nSPS) is 18.3. The lowest BCUT2D eigenvalue weighted by molar-refractivity contribution is -0.121. The van der Waals surface area contributed by atoms with Crippen LogP contribution in [-0.2, 0) is 66.5 Å². The van der Waals surface area contributed by atoms with Gasteiger partial charge in [0.05, 0.1) is 103 Å². The number of nitrogen functional groups attached to an aromatic ring is 1. The molecule has 5 atom stereocenters. The predicted molar refractivity (Wildman–Crippen MR) is 540 cm³/mol. The van der Waals surface area contributed by atoms with Gasteiger partial charge in [0.15, 0.2) is 51.1 Å². The minimum atomic E-state index is -0.853. The van der Waals surface area contributed by atoms with Gasteiger partial charge in [-0.3, -0.25) is 38.6 Å². The number of hydrogen-bond donors (Lipinski definition) is 4. The van der Waals surface area contributed by atoms with Crippen LogP contribution in [0.25, 0.3) is 0 Å². The molecule has 722 valence electrons. The first-order chi connectivity index (χ1) is 68.4. The largest absolute Gasteiger partial charge is 0.454 e. The molecule has 0 bridgehead atoms. The van der Waals surface area contributed by atoms with Crippen molar-refractivity contribution < 1.29 is 82.0 Å². The van der Waals surface area contributed by atoms with Gasteiger partial charge < -0.3 is 58.9 Å². The Morgan fingerprint density at radius 3 is 0.965 bits per heavy atom. The second kappa shape index (κ2) is 41.5. The Bertz CT molecular complexity index is 6920. The van der Waals surface area contributed by atoms with Crippen LogP contribution in [0.5, 0.6) is 46.0 Å². The summed E-state index contributed by atoms with van der Waals surface area (Å²) >= 11 is 38.2. The number of aliphatic hydroxyl groups is 3. The topological polar surface area (TPSA) is 334 Å². The molecule has 4 unspecified atom stereocenters. The van der Waals surface area contributed by atoms with Crippen molar-refractivity contribution in [1.29, 1.82) is 0 Å². The van der Waals surface area contributed by atoms with Gasteiger partial charge in [-0.1, -0.05) is 172 Å². The highest BCUT2D eigenvalue weighted by Gasteiger charge is 2.55. The van der Waals surface area contributed by atoms with Gasteiger partial charge in [-0.25, -0.2) is 24.9 Å². The Morgan fingerprint density at radius 2 is 0.645 bits per heavy atom. The van der Waals surface area contributed by atoms with E-state index in [4.69, 9.17) is 102 Å². The molecule has 11 heterocycles. The van der Waals surface area contributed by atoms with E-state index in [-0.39, 0.29) is 99.0 Å². The van der Waals surface area contributed by atoms with Crippen molar-refractivity contribution in [2.45, 2.75) is 142 Å². The number of hydrogen-bond acceptors (Lipinski definition) is 30. The predicted octanol–water partition coefficient (Wildman–Crippen LogP) is 20.7. The van der Waals surface area contributed by atoms with E-state index in [0.717, 1.165) is 159 Å². The average Bonchev–Trinajstić information content (AvgIpc) is 1.60. The molecule has 5 aromatic heterocycles. The number of halogens is 5. The Morgan fingerprint density at radius 1 is 0.355 bits per heavy atom. The summed E-state index contributed by atoms with van der Waals surface area (Å²) in [5.41, 5.74) is 11.1. The summed E-state index contributed by atoms with van der Waals surface area (Å²) in [6, 6.07) is 59.6. The van der Waals surface area contributed by atoms with Crippen LogP contribution in [-0.4, -0.2) is 150 Å². The fourth-order valence-electron chi connectivity index (χ4n) is 18.8. The van der Waals surface area contributed by atoms with Gasteiger partial charge >= 0.3 is 0 Å². The number of carbonyl (C=O) groups is 6. The van der Waals surface area contributed by atoms with E-state index in [2.05, 4.69) is 34.7 Å². The quantitative estimate of drug-likeness (QED) is 0.0331. The van der Waals surface area contributed by atoms with Crippen LogP contribution >= 0.6 is 115 Å². The van der Waals surface area contributed by atoms with E-state index in [9.17, 15) is 44.1 Å². The molecule has 5 N–H and O–H groups in total. The molecule has 0 radical (unpaired) electrons. The van der Waals surface area contributed by atoms with Crippen molar-refractivity contribution in [3.05, 3.63) is 345 Å². The van der Waals surface area contributed by atoms with Gasteiger partial charge in [-0.2, -0.15) is 0 Å². The molecule has 4 aliphatic carbocycles. The Labute approximate surface area is 856 Å². The van der Waals surface area contributed by atoms with E-state index in [0.29, 0.717) is 126 Å². The Kier molecular flexibility index (Phi) is 28.6. The third-order valence-corrected chi connectivity index (χ3v) is 33.7. The molecule has 35 heteroatoms. The highest BCUT2D eigenvalue weighted by Crippen LogP contribution is 2.57.